The summed E-state index contributed by atoms with van der Waals surface area (Å²) in [7, 11) is -2.16. The number of hydrogen-bond acceptors (Lipinski definition) is 4. The van der Waals surface area contributed by atoms with Gasteiger partial charge in [0.1, 0.15) is 6.61 Å². The second-order valence-electron chi connectivity index (χ2n) is 12.2. The molecule has 4 atom stereocenters. The third kappa shape index (κ3) is 7.32. The molecule has 0 aliphatic carbocycles. The topological polar surface area (TPSA) is 55.8 Å². The molecule has 1 aliphatic heterocycles. The van der Waals surface area contributed by atoms with Crippen molar-refractivity contribution in [3.63, 3.8) is 0 Å². The van der Waals surface area contributed by atoms with E-state index in [4.69, 9.17) is 9.16 Å². The SMILES string of the molecule is Cc1ccc([C@@H](C)CC[C@H](O[Si](C)(C)C(C)(C)C)[C@@H](C)C(=O)N2C(=O)OC[C@@H]2Cc2ccccc2)cc1. The minimum atomic E-state index is -2.16. The summed E-state index contributed by atoms with van der Waals surface area (Å²) < 4.78 is 12.2. The molecule has 37 heavy (non-hydrogen) atoms. The molecule has 1 fully saturated rings. The van der Waals surface area contributed by atoms with E-state index in [1.54, 1.807) is 0 Å². The number of hydrogen-bond donors (Lipinski definition) is 0. The first-order chi connectivity index (χ1) is 17.3. The predicted molar refractivity (Wildman–Crippen MR) is 152 cm³/mol. The van der Waals surface area contributed by atoms with Gasteiger partial charge in [0, 0.05) is 0 Å². The number of nitrogens with zero attached hydrogens (tertiary/aromatic N) is 1. The Labute approximate surface area is 224 Å². The number of cyclic esters (lactones) is 1. The highest BCUT2D eigenvalue weighted by molar-refractivity contribution is 6.74. The lowest BCUT2D eigenvalue weighted by atomic mass is 9.90. The van der Waals surface area contributed by atoms with Gasteiger partial charge in [-0.25, -0.2) is 9.69 Å². The van der Waals surface area contributed by atoms with E-state index < -0.39 is 20.3 Å². The van der Waals surface area contributed by atoms with Crippen molar-refractivity contribution < 1.29 is 18.8 Å². The molecule has 0 unspecified atom stereocenters. The number of ether oxygens (including phenoxy) is 1. The fraction of sp³-hybridized carbons (Fsp3) is 0.548. The van der Waals surface area contributed by atoms with Gasteiger partial charge >= 0.3 is 6.09 Å². The van der Waals surface area contributed by atoms with E-state index in [0.29, 0.717) is 12.3 Å². The Hall–Kier alpha value is -2.44. The van der Waals surface area contributed by atoms with Crippen LogP contribution in [0, 0.1) is 12.8 Å². The van der Waals surface area contributed by atoms with Crippen molar-refractivity contribution in [2.45, 2.75) is 97.0 Å². The van der Waals surface area contributed by atoms with E-state index in [1.807, 2.05) is 37.3 Å². The van der Waals surface area contributed by atoms with E-state index in [0.717, 1.165) is 18.4 Å². The van der Waals surface area contributed by atoms with Crippen molar-refractivity contribution in [3.05, 3.63) is 71.3 Å². The van der Waals surface area contributed by atoms with Crippen LogP contribution < -0.4 is 0 Å². The Bertz CT molecular complexity index is 1050. The lowest BCUT2D eigenvalue weighted by molar-refractivity contribution is -0.136. The fourth-order valence-corrected chi connectivity index (χ4v) is 6.02. The van der Waals surface area contributed by atoms with Crippen molar-refractivity contribution in [2.24, 2.45) is 5.92 Å². The van der Waals surface area contributed by atoms with Crippen molar-refractivity contribution in [1.82, 2.24) is 4.90 Å². The molecule has 0 N–H and O–H groups in total. The molecule has 2 aromatic carbocycles. The van der Waals surface area contributed by atoms with Crippen LogP contribution >= 0.6 is 0 Å². The van der Waals surface area contributed by atoms with Crippen LogP contribution in [0.15, 0.2) is 54.6 Å². The second-order valence-corrected chi connectivity index (χ2v) is 17.0. The number of rotatable bonds is 10. The molecule has 0 aromatic heterocycles. The van der Waals surface area contributed by atoms with Gasteiger partial charge in [-0.15, -0.1) is 0 Å². The van der Waals surface area contributed by atoms with E-state index in [2.05, 4.69) is 72.0 Å². The first-order valence-corrected chi connectivity index (χ1v) is 16.5. The number of imide groups is 1. The predicted octanol–water partition coefficient (Wildman–Crippen LogP) is 7.50. The van der Waals surface area contributed by atoms with Crippen molar-refractivity contribution in [2.75, 3.05) is 6.61 Å². The molecular weight excluding hydrogens is 478 g/mol. The summed E-state index contributed by atoms with van der Waals surface area (Å²) >= 11 is 0. The maximum atomic E-state index is 13.8. The molecule has 202 valence electrons. The van der Waals surface area contributed by atoms with Crippen LogP contribution in [-0.4, -0.2) is 44.0 Å². The highest BCUT2D eigenvalue weighted by Gasteiger charge is 2.45. The van der Waals surface area contributed by atoms with Gasteiger partial charge in [-0.3, -0.25) is 4.79 Å². The molecule has 0 spiro atoms. The molecule has 0 saturated carbocycles. The molecule has 5 nitrogen and oxygen atoms in total. The third-order valence-electron chi connectivity index (χ3n) is 8.24. The van der Waals surface area contributed by atoms with E-state index >= 15 is 0 Å². The molecule has 2 amide bonds. The maximum absolute atomic E-state index is 13.8. The number of carbonyl (C=O) groups is 2. The summed E-state index contributed by atoms with van der Waals surface area (Å²) in [4.78, 5) is 27.9. The molecule has 1 aliphatic rings. The number of amides is 2. The highest BCUT2D eigenvalue weighted by atomic mass is 28.4. The minimum absolute atomic E-state index is 0.0129. The quantitative estimate of drug-likeness (QED) is 0.303. The molecule has 2 aromatic rings. The summed E-state index contributed by atoms with van der Waals surface area (Å²) in [6.45, 7) is 17.6. The smallest absolute Gasteiger partial charge is 0.416 e. The second kappa shape index (κ2) is 12.0. The summed E-state index contributed by atoms with van der Waals surface area (Å²) in [5.41, 5.74) is 3.62. The van der Waals surface area contributed by atoms with Gasteiger partial charge in [-0.2, -0.15) is 0 Å². The zero-order valence-corrected chi connectivity index (χ0v) is 24.9. The molecular formula is C31H45NO4Si. The summed E-state index contributed by atoms with van der Waals surface area (Å²) in [5.74, 6) is -0.311. The molecule has 0 bridgehead atoms. The Morgan fingerprint density at radius 1 is 1.05 bits per heavy atom. The molecule has 3 rings (SSSR count). The maximum Gasteiger partial charge on any atom is 0.416 e. The van der Waals surface area contributed by atoms with Crippen molar-refractivity contribution in [3.8, 4) is 0 Å². The average molecular weight is 524 g/mol. The monoisotopic (exact) mass is 523 g/mol. The van der Waals surface area contributed by atoms with Crippen molar-refractivity contribution in [1.29, 1.82) is 0 Å². The molecule has 0 radical (unpaired) electrons. The van der Waals surface area contributed by atoms with Gasteiger partial charge < -0.3 is 9.16 Å². The lowest BCUT2D eigenvalue weighted by Gasteiger charge is -2.41. The highest BCUT2D eigenvalue weighted by Crippen LogP contribution is 2.39. The average Bonchev–Trinajstić information content (AvgIpc) is 3.20. The first kappa shape index (κ1) is 29.1. The van der Waals surface area contributed by atoms with Gasteiger partial charge in [-0.1, -0.05) is 94.8 Å². The van der Waals surface area contributed by atoms with E-state index in [9.17, 15) is 9.59 Å². The van der Waals surface area contributed by atoms with Crippen LogP contribution in [0.5, 0.6) is 0 Å². The molecule has 1 saturated heterocycles. The minimum Gasteiger partial charge on any atom is -0.447 e. The first-order valence-electron chi connectivity index (χ1n) is 13.6. The largest absolute Gasteiger partial charge is 0.447 e. The van der Waals surface area contributed by atoms with E-state index in [1.165, 1.54) is 16.0 Å². The van der Waals surface area contributed by atoms with Gasteiger partial charge in [0.2, 0.25) is 5.91 Å². The third-order valence-corrected chi connectivity index (χ3v) is 12.7. The Morgan fingerprint density at radius 3 is 2.27 bits per heavy atom. The summed E-state index contributed by atoms with van der Waals surface area (Å²) in [6.07, 6.45) is 1.42. The van der Waals surface area contributed by atoms with Crippen LogP contribution in [0.2, 0.25) is 18.1 Å². The zero-order chi connectivity index (χ0) is 27.4. The lowest BCUT2D eigenvalue weighted by Crippen LogP contribution is -2.50. The van der Waals surface area contributed by atoms with Gasteiger partial charge in [0.25, 0.3) is 0 Å². The van der Waals surface area contributed by atoms with E-state index in [-0.39, 0.29) is 29.7 Å². The van der Waals surface area contributed by atoms with Crippen LogP contribution in [0.1, 0.15) is 70.1 Å². The Morgan fingerprint density at radius 2 is 1.68 bits per heavy atom. The van der Waals surface area contributed by atoms with Gasteiger partial charge in [0.05, 0.1) is 18.1 Å². The standard InChI is InChI=1S/C31H45NO4Si/c1-22-14-17-26(18-15-22)23(2)16-19-28(36-37(7,8)31(4,5)6)24(3)29(33)32-27(21-35-30(32)34)20-25-12-10-9-11-13-25/h9-15,17-18,23-24,27-28H,16,19-21H2,1-8H3/t23-,24+,27-,28-/m0/s1. The molecule has 1 heterocycles. The number of carbonyl (C=O) groups excluding carboxylic acids is 2. The fourth-order valence-electron chi connectivity index (χ4n) is 4.59. The summed E-state index contributed by atoms with van der Waals surface area (Å²) in [6, 6.07) is 18.3. The Kier molecular flexibility index (Phi) is 9.40. The zero-order valence-electron chi connectivity index (χ0n) is 23.9. The van der Waals surface area contributed by atoms with Crippen LogP contribution in [0.3, 0.4) is 0 Å². The van der Waals surface area contributed by atoms with Crippen LogP contribution in [0.4, 0.5) is 4.79 Å². The summed E-state index contributed by atoms with van der Waals surface area (Å²) in [5, 5.41) is 0.0129. The van der Waals surface area contributed by atoms with Crippen LogP contribution in [0.25, 0.3) is 0 Å². The molecule has 6 heteroatoms. The normalized spacial score (nSPS) is 18.9. The number of aryl methyl sites for hydroxylation is 1. The van der Waals surface area contributed by atoms with Gasteiger partial charge in [-0.05, 0) is 61.4 Å². The van der Waals surface area contributed by atoms with Crippen molar-refractivity contribution >= 4 is 20.3 Å². The van der Waals surface area contributed by atoms with Gasteiger partial charge in [0.15, 0.2) is 8.32 Å². The number of benzene rings is 2. The Balaban J connectivity index is 1.79. The van der Waals surface area contributed by atoms with Crippen LogP contribution in [-0.2, 0) is 20.4 Å².